The smallest absolute Gasteiger partial charge is 0.225 e. The highest BCUT2D eigenvalue weighted by Crippen LogP contribution is 2.31. The largest absolute Gasteiger partial charge is 0.494 e. The van der Waals surface area contributed by atoms with E-state index in [1.807, 2.05) is 42.8 Å². The molecule has 1 N–H and O–H groups in total. The average Bonchev–Trinajstić information content (AvgIpc) is 3.27. The van der Waals surface area contributed by atoms with Crippen LogP contribution in [0.5, 0.6) is 5.75 Å². The van der Waals surface area contributed by atoms with Gasteiger partial charge >= 0.3 is 0 Å². The number of hydrogen-bond acceptors (Lipinski definition) is 6. The van der Waals surface area contributed by atoms with Gasteiger partial charge in [-0.3, -0.25) is 4.79 Å². The molecule has 37 heavy (non-hydrogen) atoms. The van der Waals surface area contributed by atoms with Gasteiger partial charge in [0.25, 0.3) is 0 Å². The summed E-state index contributed by atoms with van der Waals surface area (Å²) in [6.07, 6.45) is 1.76. The van der Waals surface area contributed by atoms with Crippen LogP contribution in [0.2, 0.25) is 0 Å². The number of amides is 1. The van der Waals surface area contributed by atoms with Gasteiger partial charge in [0.15, 0.2) is 5.82 Å². The minimum atomic E-state index is -0.116. The Labute approximate surface area is 217 Å². The van der Waals surface area contributed by atoms with E-state index in [1.54, 1.807) is 0 Å². The number of carbonyl (C=O) groups excluding carboxylic acids is 1. The lowest BCUT2D eigenvalue weighted by Crippen LogP contribution is -2.43. The van der Waals surface area contributed by atoms with Gasteiger partial charge < -0.3 is 15.0 Å². The van der Waals surface area contributed by atoms with E-state index < -0.39 is 0 Å². The van der Waals surface area contributed by atoms with Crippen LogP contribution in [0.25, 0.3) is 16.6 Å². The number of hydrogen-bond donors (Lipinski definition) is 1. The average molecular weight is 499 g/mol. The van der Waals surface area contributed by atoms with Gasteiger partial charge in [0, 0.05) is 19.6 Å². The molecule has 1 aliphatic rings. The van der Waals surface area contributed by atoms with Crippen LogP contribution in [0.15, 0.2) is 48.5 Å². The minimum Gasteiger partial charge on any atom is -0.494 e. The maximum Gasteiger partial charge on any atom is 0.225 e. The van der Waals surface area contributed by atoms with Crippen LogP contribution in [-0.4, -0.2) is 45.6 Å². The number of nitrogens with one attached hydrogen (secondary N) is 1. The minimum absolute atomic E-state index is 0.0660. The van der Waals surface area contributed by atoms with E-state index in [-0.39, 0.29) is 11.8 Å². The molecule has 1 atom stereocenters. The Morgan fingerprint density at radius 1 is 1.05 bits per heavy atom. The lowest BCUT2D eigenvalue weighted by atomic mass is 9.97. The second-order valence-electron chi connectivity index (χ2n) is 9.75. The van der Waals surface area contributed by atoms with Crippen molar-refractivity contribution in [3.8, 4) is 11.4 Å². The molecule has 1 unspecified atom stereocenters. The summed E-state index contributed by atoms with van der Waals surface area (Å²) in [5.41, 5.74) is 5.99. The predicted octanol–water partition coefficient (Wildman–Crippen LogP) is 4.67. The maximum atomic E-state index is 13.1. The van der Waals surface area contributed by atoms with Crippen LogP contribution in [0.1, 0.15) is 42.3 Å². The standard InChI is InChI=1S/C29H34N6O2/c1-5-37-25-14-10-22(11-15-25)17-30-29(36)23-7-6-16-34(18-23)28-27-26(20(3)31-32-28)21(4)35(33-27)24-12-8-19(2)9-13-24/h8-15,23H,5-7,16-18H2,1-4H3,(H,30,36). The summed E-state index contributed by atoms with van der Waals surface area (Å²) in [6, 6.07) is 16.2. The van der Waals surface area contributed by atoms with E-state index in [2.05, 4.69) is 58.5 Å². The second-order valence-corrected chi connectivity index (χ2v) is 9.75. The monoisotopic (exact) mass is 498 g/mol. The number of aryl methyl sites for hydroxylation is 3. The summed E-state index contributed by atoms with van der Waals surface area (Å²) in [5.74, 6) is 1.54. The lowest BCUT2D eigenvalue weighted by molar-refractivity contribution is -0.125. The Morgan fingerprint density at radius 2 is 1.81 bits per heavy atom. The van der Waals surface area contributed by atoms with Gasteiger partial charge in [0.05, 0.1) is 35.0 Å². The van der Waals surface area contributed by atoms with Crippen LogP contribution in [0.4, 0.5) is 5.82 Å². The highest BCUT2D eigenvalue weighted by atomic mass is 16.5. The SMILES string of the molecule is CCOc1ccc(CNC(=O)C2CCCN(c3nnc(C)c4c(C)n(-c5ccc(C)cc5)nc34)C2)cc1. The third-order valence-corrected chi connectivity index (χ3v) is 7.06. The zero-order valence-corrected chi connectivity index (χ0v) is 22.0. The number of rotatable bonds is 7. The number of aromatic nitrogens is 4. The van der Waals surface area contributed by atoms with Crippen LogP contribution in [-0.2, 0) is 11.3 Å². The molecular weight excluding hydrogens is 464 g/mol. The molecule has 1 aliphatic heterocycles. The van der Waals surface area contributed by atoms with Gasteiger partial charge in [-0.25, -0.2) is 4.68 Å². The first-order chi connectivity index (χ1) is 17.9. The number of piperidine rings is 1. The van der Waals surface area contributed by atoms with Crippen LogP contribution in [0, 0.1) is 26.7 Å². The van der Waals surface area contributed by atoms with Crippen molar-refractivity contribution in [2.24, 2.45) is 5.92 Å². The first-order valence-electron chi connectivity index (χ1n) is 13.0. The summed E-state index contributed by atoms with van der Waals surface area (Å²) in [6.45, 7) is 10.6. The van der Waals surface area contributed by atoms with E-state index in [0.29, 0.717) is 19.7 Å². The molecule has 1 fully saturated rings. The van der Waals surface area contributed by atoms with E-state index in [1.165, 1.54) is 5.56 Å². The summed E-state index contributed by atoms with van der Waals surface area (Å²) in [5, 5.41) is 18.1. The quantitative estimate of drug-likeness (QED) is 0.399. The first kappa shape index (κ1) is 24.7. The number of carbonyl (C=O) groups is 1. The number of ether oxygens (including phenoxy) is 1. The molecule has 3 heterocycles. The van der Waals surface area contributed by atoms with Gasteiger partial charge in [-0.15, -0.1) is 5.10 Å². The van der Waals surface area contributed by atoms with Gasteiger partial charge in [0.1, 0.15) is 11.3 Å². The summed E-state index contributed by atoms with van der Waals surface area (Å²) < 4.78 is 7.47. The zero-order chi connectivity index (χ0) is 25.9. The van der Waals surface area contributed by atoms with Crippen molar-refractivity contribution < 1.29 is 9.53 Å². The van der Waals surface area contributed by atoms with Crippen LogP contribution in [0.3, 0.4) is 0 Å². The molecule has 192 valence electrons. The van der Waals surface area contributed by atoms with E-state index in [9.17, 15) is 4.79 Å². The predicted molar refractivity (Wildman–Crippen MR) is 145 cm³/mol. The summed E-state index contributed by atoms with van der Waals surface area (Å²) >= 11 is 0. The molecule has 2 aromatic heterocycles. The number of benzene rings is 2. The number of anilines is 1. The molecular formula is C29H34N6O2. The van der Waals surface area contributed by atoms with E-state index >= 15 is 0 Å². The molecule has 0 saturated carbocycles. The third-order valence-electron chi connectivity index (χ3n) is 7.06. The summed E-state index contributed by atoms with van der Waals surface area (Å²) in [4.78, 5) is 15.3. The molecule has 5 rings (SSSR count). The van der Waals surface area contributed by atoms with Crippen LogP contribution < -0.4 is 15.0 Å². The molecule has 0 radical (unpaired) electrons. The Balaban J connectivity index is 1.34. The van der Waals surface area contributed by atoms with Gasteiger partial charge in [-0.05, 0) is 70.4 Å². The molecule has 8 heteroatoms. The third kappa shape index (κ3) is 5.14. The summed E-state index contributed by atoms with van der Waals surface area (Å²) in [7, 11) is 0. The van der Waals surface area contributed by atoms with Crippen molar-refractivity contribution in [2.45, 2.75) is 47.1 Å². The second kappa shape index (κ2) is 10.6. The van der Waals surface area contributed by atoms with Crippen molar-refractivity contribution >= 4 is 22.6 Å². The van der Waals surface area contributed by atoms with Gasteiger partial charge in [0.2, 0.25) is 5.91 Å². The fourth-order valence-electron chi connectivity index (χ4n) is 5.05. The normalized spacial score (nSPS) is 15.7. The van der Waals surface area contributed by atoms with Gasteiger partial charge in [-0.1, -0.05) is 29.8 Å². The Hall–Kier alpha value is -3.94. The molecule has 1 amide bonds. The van der Waals surface area contributed by atoms with E-state index in [0.717, 1.165) is 64.5 Å². The molecule has 0 bridgehead atoms. The highest BCUT2D eigenvalue weighted by molar-refractivity contribution is 5.92. The molecule has 2 aromatic carbocycles. The molecule has 0 aliphatic carbocycles. The topological polar surface area (TPSA) is 85.2 Å². The number of fused-ring (bicyclic) bond motifs is 1. The first-order valence-corrected chi connectivity index (χ1v) is 13.0. The maximum absolute atomic E-state index is 13.1. The van der Waals surface area contributed by atoms with Crippen molar-refractivity contribution in [2.75, 3.05) is 24.6 Å². The van der Waals surface area contributed by atoms with Crippen molar-refractivity contribution in [3.05, 3.63) is 71.0 Å². The highest BCUT2D eigenvalue weighted by Gasteiger charge is 2.29. The Kier molecular flexibility index (Phi) is 7.08. The molecule has 1 saturated heterocycles. The zero-order valence-electron chi connectivity index (χ0n) is 22.0. The van der Waals surface area contributed by atoms with Crippen molar-refractivity contribution in [1.82, 2.24) is 25.3 Å². The Morgan fingerprint density at radius 3 is 2.54 bits per heavy atom. The van der Waals surface area contributed by atoms with E-state index in [4.69, 9.17) is 9.84 Å². The van der Waals surface area contributed by atoms with Crippen molar-refractivity contribution in [1.29, 1.82) is 0 Å². The van der Waals surface area contributed by atoms with Gasteiger partial charge in [-0.2, -0.15) is 10.2 Å². The number of nitrogens with zero attached hydrogens (tertiary/aromatic N) is 5. The fraction of sp³-hybridized carbons (Fsp3) is 0.379. The van der Waals surface area contributed by atoms with Crippen LogP contribution >= 0.6 is 0 Å². The fourth-order valence-corrected chi connectivity index (χ4v) is 5.05. The molecule has 8 nitrogen and oxygen atoms in total. The van der Waals surface area contributed by atoms with Crippen molar-refractivity contribution in [3.63, 3.8) is 0 Å². The molecule has 0 spiro atoms. The molecule has 4 aromatic rings. The Bertz CT molecular complexity index is 1390. The lowest BCUT2D eigenvalue weighted by Gasteiger charge is -2.32.